The number of rotatable bonds is 4. The number of anilines is 1. The van der Waals surface area contributed by atoms with Crippen molar-refractivity contribution in [1.29, 1.82) is 0 Å². The number of aryl methyl sites for hydroxylation is 1. The molecule has 4 heterocycles. The van der Waals surface area contributed by atoms with Crippen LogP contribution in [0.2, 0.25) is 0 Å². The van der Waals surface area contributed by atoms with E-state index in [1.165, 1.54) is 0 Å². The van der Waals surface area contributed by atoms with Crippen LogP contribution >= 0.6 is 0 Å². The quantitative estimate of drug-likeness (QED) is 0.930. The fourth-order valence-electron chi connectivity index (χ4n) is 3.72. The first-order valence-corrected chi connectivity index (χ1v) is 8.22. The number of hydrogen-bond donors (Lipinski definition) is 1. The van der Waals surface area contributed by atoms with Crippen molar-refractivity contribution in [3.05, 3.63) is 42.7 Å². The maximum Gasteiger partial charge on any atom is 0.122 e. The van der Waals surface area contributed by atoms with Gasteiger partial charge < -0.3 is 14.6 Å². The van der Waals surface area contributed by atoms with Crippen LogP contribution in [0.4, 0.5) is 5.69 Å². The number of aromatic nitrogens is 3. The molecule has 4 rings (SSSR count). The lowest BCUT2D eigenvalue weighted by Gasteiger charge is -2.23. The van der Waals surface area contributed by atoms with Gasteiger partial charge >= 0.3 is 0 Å². The highest BCUT2D eigenvalue weighted by molar-refractivity contribution is 5.41. The number of pyridine rings is 1. The summed E-state index contributed by atoms with van der Waals surface area (Å²) < 4.78 is 8.30. The summed E-state index contributed by atoms with van der Waals surface area (Å²) in [5, 5.41) is 3.54. The lowest BCUT2D eigenvalue weighted by Crippen LogP contribution is -2.33. The van der Waals surface area contributed by atoms with Gasteiger partial charge in [0.1, 0.15) is 5.82 Å². The largest absolute Gasteiger partial charge is 0.379 e. The molecular formula is C17H23N5O. The summed E-state index contributed by atoms with van der Waals surface area (Å²) in [5.74, 6) is 1.12. The van der Waals surface area contributed by atoms with Gasteiger partial charge in [0.15, 0.2) is 0 Å². The number of nitrogens with zero attached hydrogens (tertiary/aromatic N) is 4. The Morgan fingerprint density at radius 1 is 1.43 bits per heavy atom. The minimum absolute atomic E-state index is 0.00500. The third-order valence-corrected chi connectivity index (χ3v) is 4.92. The number of nitrogens with one attached hydrogen (secondary N) is 1. The van der Waals surface area contributed by atoms with E-state index in [0.29, 0.717) is 6.04 Å². The molecule has 6 nitrogen and oxygen atoms in total. The fourth-order valence-corrected chi connectivity index (χ4v) is 3.72. The molecule has 0 saturated carbocycles. The van der Waals surface area contributed by atoms with E-state index < -0.39 is 0 Å². The van der Waals surface area contributed by atoms with Crippen molar-refractivity contribution in [2.45, 2.75) is 31.0 Å². The van der Waals surface area contributed by atoms with Crippen molar-refractivity contribution in [2.24, 2.45) is 7.05 Å². The number of hydrogen-bond acceptors (Lipinski definition) is 5. The van der Waals surface area contributed by atoms with E-state index >= 15 is 0 Å². The molecule has 2 aromatic heterocycles. The first-order valence-electron chi connectivity index (χ1n) is 8.22. The van der Waals surface area contributed by atoms with E-state index in [1.807, 2.05) is 31.7 Å². The highest BCUT2D eigenvalue weighted by atomic mass is 16.5. The normalized spacial score (nSPS) is 27.8. The topological polar surface area (TPSA) is 55.2 Å². The molecule has 0 aromatic carbocycles. The van der Waals surface area contributed by atoms with Gasteiger partial charge in [0, 0.05) is 51.3 Å². The predicted octanol–water partition coefficient (Wildman–Crippen LogP) is 1.66. The molecule has 122 valence electrons. The minimum atomic E-state index is 0.00500. The average molecular weight is 313 g/mol. The van der Waals surface area contributed by atoms with Crippen LogP contribution < -0.4 is 5.32 Å². The summed E-state index contributed by atoms with van der Waals surface area (Å²) in [7, 11) is 2.05. The summed E-state index contributed by atoms with van der Waals surface area (Å²) in [6.45, 7) is 3.73. The zero-order valence-electron chi connectivity index (χ0n) is 13.5. The van der Waals surface area contributed by atoms with Gasteiger partial charge in [0.05, 0.1) is 30.5 Å². The minimum Gasteiger partial charge on any atom is -0.379 e. The molecule has 0 unspecified atom stereocenters. The van der Waals surface area contributed by atoms with Gasteiger partial charge in [-0.1, -0.05) is 0 Å². The lowest BCUT2D eigenvalue weighted by atomic mass is 9.97. The summed E-state index contributed by atoms with van der Waals surface area (Å²) in [4.78, 5) is 11.0. The molecule has 2 fully saturated rings. The van der Waals surface area contributed by atoms with Crippen LogP contribution in [0.5, 0.6) is 0 Å². The van der Waals surface area contributed by atoms with Gasteiger partial charge in [-0.15, -0.1) is 0 Å². The fraction of sp³-hybridized carbons (Fsp3) is 0.529. The Labute approximate surface area is 136 Å². The smallest absolute Gasteiger partial charge is 0.122 e. The van der Waals surface area contributed by atoms with Gasteiger partial charge in [0.25, 0.3) is 0 Å². The monoisotopic (exact) mass is 313 g/mol. The van der Waals surface area contributed by atoms with Crippen molar-refractivity contribution < 1.29 is 4.74 Å². The van der Waals surface area contributed by atoms with E-state index in [1.54, 1.807) is 6.20 Å². The Morgan fingerprint density at radius 2 is 2.39 bits per heavy atom. The molecule has 23 heavy (non-hydrogen) atoms. The van der Waals surface area contributed by atoms with Gasteiger partial charge in [0.2, 0.25) is 0 Å². The van der Waals surface area contributed by atoms with Gasteiger partial charge in [-0.2, -0.15) is 0 Å². The second-order valence-electron chi connectivity index (χ2n) is 6.70. The van der Waals surface area contributed by atoms with Crippen LogP contribution in [0, 0.1) is 0 Å². The third kappa shape index (κ3) is 3.09. The van der Waals surface area contributed by atoms with E-state index in [-0.39, 0.29) is 5.60 Å². The van der Waals surface area contributed by atoms with Crippen LogP contribution in [-0.4, -0.2) is 50.8 Å². The van der Waals surface area contributed by atoms with E-state index in [2.05, 4.69) is 30.8 Å². The maximum atomic E-state index is 6.21. The maximum absolute atomic E-state index is 6.21. The highest BCUT2D eigenvalue weighted by Crippen LogP contribution is 2.36. The van der Waals surface area contributed by atoms with Crippen LogP contribution in [0.3, 0.4) is 0 Å². The van der Waals surface area contributed by atoms with Gasteiger partial charge in [-0.25, -0.2) is 4.98 Å². The zero-order valence-corrected chi connectivity index (χ0v) is 13.5. The van der Waals surface area contributed by atoms with E-state index in [9.17, 15) is 0 Å². The molecule has 0 aliphatic carbocycles. The molecule has 0 radical (unpaired) electrons. The molecule has 2 aliphatic heterocycles. The average Bonchev–Trinajstić information content (AvgIpc) is 3.25. The van der Waals surface area contributed by atoms with Gasteiger partial charge in [-0.05, 0) is 18.6 Å². The third-order valence-electron chi connectivity index (χ3n) is 4.92. The summed E-state index contributed by atoms with van der Waals surface area (Å²) in [5.41, 5.74) is 1.08. The predicted molar refractivity (Wildman–Crippen MR) is 88.0 cm³/mol. The molecule has 2 aliphatic rings. The second kappa shape index (κ2) is 5.94. The van der Waals surface area contributed by atoms with Gasteiger partial charge in [-0.3, -0.25) is 9.88 Å². The molecule has 1 spiro atoms. The highest BCUT2D eigenvalue weighted by Gasteiger charge is 2.45. The standard InChI is InChI=1S/C17H23N5O/c1-21-8-6-19-16(21)11-22-7-4-17(13-22)9-15(12-23-17)20-14-3-2-5-18-10-14/h2-3,5-6,8,10,15,20H,4,7,9,11-13H2,1H3/t15-,17-/m0/s1. The van der Waals surface area contributed by atoms with Crippen molar-refractivity contribution >= 4 is 5.69 Å². The van der Waals surface area contributed by atoms with Crippen LogP contribution in [-0.2, 0) is 18.3 Å². The second-order valence-corrected chi connectivity index (χ2v) is 6.70. The Hall–Kier alpha value is -1.92. The first-order chi connectivity index (χ1) is 11.2. The number of likely N-dealkylation sites (tertiary alicyclic amines) is 1. The summed E-state index contributed by atoms with van der Waals surface area (Å²) in [6, 6.07) is 4.38. The van der Waals surface area contributed by atoms with Crippen molar-refractivity contribution in [1.82, 2.24) is 19.4 Å². The zero-order chi connectivity index (χ0) is 15.7. The molecule has 6 heteroatoms. The van der Waals surface area contributed by atoms with Crippen LogP contribution in [0.15, 0.2) is 36.9 Å². The Bertz CT molecular complexity index is 658. The van der Waals surface area contributed by atoms with Crippen molar-refractivity contribution in [2.75, 3.05) is 25.0 Å². The Kier molecular flexibility index (Phi) is 3.79. The molecule has 1 N–H and O–H groups in total. The van der Waals surface area contributed by atoms with Crippen LogP contribution in [0.1, 0.15) is 18.7 Å². The molecule has 2 aromatic rings. The Balaban J connectivity index is 1.35. The molecule has 2 saturated heterocycles. The Morgan fingerprint density at radius 3 is 3.17 bits per heavy atom. The number of imidazole rings is 1. The summed E-state index contributed by atoms with van der Waals surface area (Å²) in [6.07, 6.45) is 9.68. The molecule has 2 atom stereocenters. The van der Waals surface area contributed by atoms with Crippen LogP contribution in [0.25, 0.3) is 0 Å². The van der Waals surface area contributed by atoms with Crippen molar-refractivity contribution in [3.8, 4) is 0 Å². The SMILES string of the molecule is Cn1ccnc1CN1CC[C@]2(C[C@H](Nc3cccnc3)CO2)C1. The first kappa shape index (κ1) is 14.7. The van der Waals surface area contributed by atoms with Crippen molar-refractivity contribution in [3.63, 3.8) is 0 Å². The summed E-state index contributed by atoms with van der Waals surface area (Å²) >= 11 is 0. The molecular weight excluding hydrogens is 290 g/mol. The molecule has 0 bridgehead atoms. The molecule has 0 amide bonds. The van der Waals surface area contributed by atoms with E-state index in [4.69, 9.17) is 4.74 Å². The van der Waals surface area contributed by atoms with E-state index in [0.717, 1.165) is 50.6 Å². The number of ether oxygens (including phenoxy) is 1. The lowest BCUT2D eigenvalue weighted by molar-refractivity contribution is 0.0117.